The Balaban J connectivity index is 2.00. The topological polar surface area (TPSA) is 28.2 Å². The SMILES string of the molecule is CCNCc1csc(N(CC)C2CCCC2)n1. The maximum absolute atomic E-state index is 4.75. The van der Waals surface area contributed by atoms with Gasteiger partial charge in [0.2, 0.25) is 0 Å². The first-order valence-electron chi connectivity index (χ1n) is 6.77. The maximum Gasteiger partial charge on any atom is 0.185 e. The number of nitrogens with zero attached hydrogens (tertiary/aromatic N) is 2. The van der Waals surface area contributed by atoms with Gasteiger partial charge in [-0.1, -0.05) is 19.8 Å². The Morgan fingerprint density at radius 1 is 1.41 bits per heavy atom. The predicted octanol–water partition coefficient (Wildman–Crippen LogP) is 3.02. The second-order valence-corrected chi connectivity index (χ2v) is 5.46. The highest BCUT2D eigenvalue weighted by Crippen LogP contribution is 2.30. The molecule has 0 bridgehead atoms. The summed E-state index contributed by atoms with van der Waals surface area (Å²) in [5, 5.41) is 6.74. The van der Waals surface area contributed by atoms with Crippen LogP contribution in [0.15, 0.2) is 5.38 Å². The van der Waals surface area contributed by atoms with Gasteiger partial charge in [0, 0.05) is 24.5 Å². The number of thiazole rings is 1. The molecule has 1 aromatic rings. The fraction of sp³-hybridized carbons (Fsp3) is 0.769. The smallest absolute Gasteiger partial charge is 0.185 e. The molecule has 1 aliphatic carbocycles. The Labute approximate surface area is 108 Å². The van der Waals surface area contributed by atoms with Gasteiger partial charge in [-0.3, -0.25) is 0 Å². The molecule has 0 radical (unpaired) electrons. The summed E-state index contributed by atoms with van der Waals surface area (Å²) in [4.78, 5) is 7.24. The van der Waals surface area contributed by atoms with Crippen molar-refractivity contribution >= 4 is 16.5 Å². The van der Waals surface area contributed by atoms with Crippen LogP contribution in [0.3, 0.4) is 0 Å². The molecule has 1 aliphatic rings. The van der Waals surface area contributed by atoms with Crippen molar-refractivity contribution in [2.75, 3.05) is 18.0 Å². The van der Waals surface area contributed by atoms with Crippen LogP contribution in [0.5, 0.6) is 0 Å². The summed E-state index contributed by atoms with van der Waals surface area (Å²) < 4.78 is 0. The Hall–Kier alpha value is -0.610. The highest BCUT2D eigenvalue weighted by molar-refractivity contribution is 7.13. The highest BCUT2D eigenvalue weighted by Gasteiger charge is 2.23. The van der Waals surface area contributed by atoms with Crippen molar-refractivity contribution in [3.8, 4) is 0 Å². The minimum atomic E-state index is 0.734. The predicted molar refractivity (Wildman–Crippen MR) is 74.8 cm³/mol. The van der Waals surface area contributed by atoms with Crippen molar-refractivity contribution in [1.29, 1.82) is 0 Å². The van der Waals surface area contributed by atoms with E-state index in [1.807, 2.05) is 0 Å². The third-order valence-corrected chi connectivity index (χ3v) is 4.37. The zero-order chi connectivity index (χ0) is 12.1. The van der Waals surface area contributed by atoms with E-state index in [0.717, 1.165) is 25.7 Å². The molecule has 0 saturated heterocycles. The molecule has 0 spiro atoms. The standard InChI is InChI=1S/C13H23N3S/c1-3-14-9-11-10-17-13(15-11)16(4-2)12-7-5-6-8-12/h10,12,14H,3-9H2,1-2H3. The average molecular weight is 253 g/mol. The molecule has 1 fully saturated rings. The lowest BCUT2D eigenvalue weighted by molar-refractivity contribution is 0.616. The van der Waals surface area contributed by atoms with Crippen molar-refractivity contribution in [1.82, 2.24) is 10.3 Å². The van der Waals surface area contributed by atoms with Gasteiger partial charge in [0.25, 0.3) is 0 Å². The van der Waals surface area contributed by atoms with E-state index in [1.54, 1.807) is 11.3 Å². The van der Waals surface area contributed by atoms with Gasteiger partial charge >= 0.3 is 0 Å². The number of hydrogen-bond acceptors (Lipinski definition) is 4. The van der Waals surface area contributed by atoms with Gasteiger partial charge in [-0.05, 0) is 26.3 Å². The summed E-state index contributed by atoms with van der Waals surface area (Å²) in [5.41, 5.74) is 1.18. The molecule has 2 rings (SSSR count). The number of anilines is 1. The summed E-state index contributed by atoms with van der Waals surface area (Å²) in [6.07, 6.45) is 5.46. The lowest BCUT2D eigenvalue weighted by Crippen LogP contribution is -2.32. The van der Waals surface area contributed by atoms with Gasteiger partial charge in [0.05, 0.1) is 5.69 Å². The van der Waals surface area contributed by atoms with E-state index in [9.17, 15) is 0 Å². The molecule has 17 heavy (non-hydrogen) atoms. The van der Waals surface area contributed by atoms with Gasteiger partial charge in [-0.2, -0.15) is 0 Å². The summed E-state index contributed by atoms with van der Waals surface area (Å²) in [7, 11) is 0. The fourth-order valence-electron chi connectivity index (χ4n) is 2.53. The van der Waals surface area contributed by atoms with E-state index in [2.05, 4.69) is 29.4 Å². The molecule has 3 nitrogen and oxygen atoms in total. The molecule has 0 unspecified atom stereocenters. The Morgan fingerprint density at radius 2 is 2.18 bits per heavy atom. The van der Waals surface area contributed by atoms with Crippen LogP contribution in [0.2, 0.25) is 0 Å². The molecule has 4 heteroatoms. The van der Waals surface area contributed by atoms with E-state index in [4.69, 9.17) is 4.98 Å². The third-order valence-electron chi connectivity index (χ3n) is 3.45. The van der Waals surface area contributed by atoms with E-state index in [1.165, 1.54) is 36.5 Å². The van der Waals surface area contributed by atoms with Gasteiger partial charge in [-0.15, -0.1) is 11.3 Å². The molecule has 96 valence electrons. The van der Waals surface area contributed by atoms with Gasteiger partial charge < -0.3 is 10.2 Å². The van der Waals surface area contributed by atoms with Crippen molar-refractivity contribution in [3.05, 3.63) is 11.1 Å². The Morgan fingerprint density at radius 3 is 2.82 bits per heavy atom. The summed E-state index contributed by atoms with van der Waals surface area (Å²) in [6.45, 7) is 7.36. The van der Waals surface area contributed by atoms with Crippen molar-refractivity contribution < 1.29 is 0 Å². The minimum absolute atomic E-state index is 0.734. The number of nitrogens with one attached hydrogen (secondary N) is 1. The van der Waals surface area contributed by atoms with Gasteiger partial charge in [0.15, 0.2) is 5.13 Å². The van der Waals surface area contributed by atoms with Crippen LogP contribution in [0.1, 0.15) is 45.2 Å². The lowest BCUT2D eigenvalue weighted by Gasteiger charge is -2.26. The van der Waals surface area contributed by atoms with Crippen LogP contribution >= 0.6 is 11.3 Å². The zero-order valence-corrected chi connectivity index (χ0v) is 11.7. The Kier molecular flexibility index (Phi) is 4.80. The second kappa shape index (κ2) is 6.36. The van der Waals surface area contributed by atoms with E-state index in [0.29, 0.717) is 0 Å². The number of rotatable bonds is 6. The monoisotopic (exact) mass is 253 g/mol. The van der Waals surface area contributed by atoms with Crippen LogP contribution in [0.4, 0.5) is 5.13 Å². The first kappa shape index (κ1) is 12.8. The van der Waals surface area contributed by atoms with Gasteiger partial charge in [0.1, 0.15) is 0 Å². The fourth-order valence-corrected chi connectivity index (χ4v) is 3.49. The third kappa shape index (κ3) is 3.19. The van der Waals surface area contributed by atoms with Crippen LogP contribution in [-0.2, 0) is 6.54 Å². The molecule has 1 N–H and O–H groups in total. The van der Waals surface area contributed by atoms with E-state index >= 15 is 0 Å². The average Bonchev–Trinajstić information content (AvgIpc) is 2.99. The summed E-state index contributed by atoms with van der Waals surface area (Å²) in [5.74, 6) is 0. The quantitative estimate of drug-likeness (QED) is 0.844. The summed E-state index contributed by atoms with van der Waals surface area (Å²) >= 11 is 1.79. The minimum Gasteiger partial charge on any atom is -0.345 e. The first-order valence-corrected chi connectivity index (χ1v) is 7.64. The van der Waals surface area contributed by atoms with Crippen LogP contribution in [-0.4, -0.2) is 24.1 Å². The molecule has 0 amide bonds. The van der Waals surface area contributed by atoms with Crippen LogP contribution in [0.25, 0.3) is 0 Å². The molecule has 0 atom stereocenters. The Bertz CT molecular complexity index is 331. The molecule has 1 heterocycles. The van der Waals surface area contributed by atoms with E-state index in [-0.39, 0.29) is 0 Å². The van der Waals surface area contributed by atoms with Crippen LogP contribution < -0.4 is 10.2 Å². The number of hydrogen-bond donors (Lipinski definition) is 1. The molecule has 0 aromatic carbocycles. The second-order valence-electron chi connectivity index (χ2n) is 4.63. The maximum atomic E-state index is 4.75. The molecular weight excluding hydrogens is 230 g/mol. The lowest BCUT2D eigenvalue weighted by atomic mass is 10.2. The molecule has 0 aliphatic heterocycles. The normalized spacial score (nSPS) is 16.6. The molecule has 1 saturated carbocycles. The molecular formula is C13H23N3S. The number of aromatic nitrogens is 1. The van der Waals surface area contributed by atoms with Crippen molar-refractivity contribution in [2.24, 2.45) is 0 Å². The van der Waals surface area contributed by atoms with Crippen molar-refractivity contribution in [3.63, 3.8) is 0 Å². The van der Waals surface area contributed by atoms with Gasteiger partial charge in [-0.25, -0.2) is 4.98 Å². The first-order chi connectivity index (χ1) is 8.35. The van der Waals surface area contributed by atoms with E-state index < -0.39 is 0 Å². The summed E-state index contributed by atoms with van der Waals surface area (Å²) in [6, 6.07) is 0.734. The van der Waals surface area contributed by atoms with Crippen molar-refractivity contribution in [2.45, 2.75) is 52.1 Å². The molecule has 1 aromatic heterocycles. The van der Waals surface area contributed by atoms with Crippen LogP contribution in [0, 0.1) is 0 Å². The highest BCUT2D eigenvalue weighted by atomic mass is 32.1. The largest absolute Gasteiger partial charge is 0.345 e. The zero-order valence-electron chi connectivity index (χ0n) is 10.9.